The number of nitrogens with zero attached hydrogens (tertiary/aromatic N) is 2. The molecule has 5 heteroatoms. The Morgan fingerprint density at radius 3 is 2.62 bits per heavy atom. The predicted molar refractivity (Wildman–Crippen MR) is 117 cm³/mol. The van der Waals surface area contributed by atoms with Crippen molar-refractivity contribution in [3.63, 3.8) is 0 Å². The van der Waals surface area contributed by atoms with E-state index >= 15 is 0 Å². The third kappa shape index (κ3) is 4.61. The van der Waals surface area contributed by atoms with Gasteiger partial charge in [-0.15, -0.1) is 0 Å². The van der Waals surface area contributed by atoms with Gasteiger partial charge < -0.3 is 14.4 Å². The minimum absolute atomic E-state index is 0.153. The van der Waals surface area contributed by atoms with E-state index in [9.17, 15) is 5.11 Å². The van der Waals surface area contributed by atoms with E-state index in [0.29, 0.717) is 23.7 Å². The first kappa shape index (κ1) is 19.5. The molecule has 0 aliphatic heterocycles. The molecule has 0 aliphatic carbocycles. The van der Waals surface area contributed by atoms with Gasteiger partial charge in [0.05, 0.1) is 22.6 Å². The maximum atomic E-state index is 10.7. The summed E-state index contributed by atoms with van der Waals surface area (Å²) in [6.45, 7) is 2.53. The molecule has 148 valence electrons. The first-order valence-corrected chi connectivity index (χ1v) is 10.0. The molecule has 1 atom stereocenters. The lowest BCUT2D eigenvalue weighted by Crippen LogP contribution is -2.24. The SMILES string of the molecule is Cc1ccc(Cl)c(OC[C@H](O)Cn2c(Cc3ccccc3)nc3ccccc32)c1. The fraction of sp³-hybridized carbons (Fsp3) is 0.208. The number of fused-ring (bicyclic) bond motifs is 1. The summed E-state index contributed by atoms with van der Waals surface area (Å²) in [5.41, 5.74) is 4.17. The Balaban J connectivity index is 1.54. The second-order valence-corrected chi connectivity index (χ2v) is 7.60. The van der Waals surface area contributed by atoms with Crippen LogP contribution < -0.4 is 4.74 Å². The standard InChI is InChI=1S/C24H23ClN2O2/c1-17-11-12-20(25)23(13-17)29-16-19(28)15-27-22-10-6-5-9-21(22)26-24(27)14-18-7-3-2-4-8-18/h2-13,19,28H,14-16H2,1H3/t19-/m1/s1. The number of ether oxygens (including phenoxy) is 1. The van der Waals surface area contributed by atoms with Crippen LogP contribution in [0.4, 0.5) is 0 Å². The van der Waals surface area contributed by atoms with Crippen LogP contribution in [0.2, 0.25) is 5.02 Å². The van der Waals surface area contributed by atoms with Crippen molar-refractivity contribution < 1.29 is 9.84 Å². The molecule has 1 aromatic heterocycles. The minimum Gasteiger partial charge on any atom is -0.489 e. The zero-order valence-corrected chi connectivity index (χ0v) is 17.0. The second kappa shape index (κ2) is 8.68. The molecule has 0 bridgehead atoms. The molecular weight excluding hydrogens is 384 g/mol. The topological polar surface area (TPSA) is 47.3 Å². The average Bonchev–Trinajstić information content (AvgIpc) is 3.06. The first-order valence-electron chi connectivity index (χ1n) is 9.65. The highest BCUT2D eigenvalue weighted by atomic mass is 35.5. The third-order valence-electron chi connectivity index (χ3n) is 4.85. The molecule has 3 aromatic carbocycles. The summed E-state index contributed by atoms with van der Waals surface area (Å²) in [5, 5.41) is 11.2. The number of hydrogen-bond donors (Lipinski definition) is 1. The van der Waals surface area contributed by atoms with Crippen LogP contribution in [0.15, 0.2) is 72.8 Å². The maximum absolute atomic E-state index is 10.7. The van der Waals surface area contributed by atoms with Gasteiger partial charge in [0.2, 0.25) is 0 Å². The molecule has 0 saturated heterocycles. The van der Waals surface area contributed by atoms with Crippen molar-refractivity contribution in [3.05, 3.63) is 94.8 Å². The molecule has 4 aromatic rings. The summed E-state index contributed by atoms with van der Waals surface area (Å²) in [6.07, 6.45) is 0.00556. The highest BCUT2D eigenvalue weighted by Gasteiger charge is 2.15. The van der Waals surface area contributed by atoms with Gasteiger partial charge in [-0.2, -0.15) is 0 Å². The molecule has 4 nitrogen and oxygen atoms in total. The Morgan fingerprint density at radius 2 is 1.79 bits per heavy atom. The zero-order chi connectivity index (χ0) is 20.2. The monoisotopic (exact) mass is 406 g/mol. The number of aliphatic hydroxyl groups excluding tert-OH is 1. The quantitative estimate of drug-likeness (QED) is 0.468. The van der Waals surface area contributed by atoms with Crippen molar-refractivity contribution in [2.75, 3.05) is 6.61 Å². The van der Waals surface area contributed by atoms with Gasteiger partial charge in [-0.1, -0.05) is 60.1 Å². The molecule has 1 N–H and O–H groups in total. The van der Waals surface area contributed by atoms with Crippen LogP contribution in [0, 0.1) is 6.92 Å². The number of aryl methyl sites for hydroxylation is 1. The van der Waals surface area contributed by atoms with Crippen molar-refractivity contribution in [1.29, 1.82) is 0 Å². The second-order valence-electron chi connectivity index (χ2n) is 7.19. The number of para-hydroxylation sites is 2. The van der Waals surface area contributed by atoms with Gasteiger partial charge in [0.25, 0.3) is 0 Å². The molecule has 0 aliphatic rings. The predicted octanol–water partition coefficient (Wildman–Crippen LogP) is 5.03. The lowest BCUT2D eigenvalue weighted by molar-refractivity contribution is 0.0928. The van der Waals surface area contributed by atoms with Gasteiger partial charge in [-0.25, -0.2) is 4.98 Å². The highest BCUT2D eigenvalue weighted by molar-refractivity contribution is 6.32. The van der Waals surface area contributed by atoms with Gasteiger partial charge in [0.1, 0.15) is 24.3 Å². The van der Waals surface area contributed by atoms with E-state index in [0.717, 1.165) is 22.4 Å². The Bertz CT molecular complexity index is 1110. The summed E-state index contributed by atoms with van der Waals surface area (Å²) in [6, 6.07) is 23.8. The maximum Gasteiger partial charge on any atom is 0.138 e. The van der Waals surface area contributed by atoms with Gasteiger partial charge in [0, 0.05) is 6.42 Å². The summed E-state index contributed by atoms with van der Waals surface area (Å²) in [5.74, 6) is 1.51. The summed E-state index contributed by atoms with van der Waals surface area (Å²) in [7, 11) is 0. The fourth-order valence-electron chi connectivity index (χ4n) is 3.41. The van der Waals surface area contributed by atoms with Crippen LogP contribution in [-0.2, 0) is 13.0 Å². The zero-order valence-electron chi connectivity index (χ0n) is 16.3. The lowest BCUT2D eigenvalue weighted by atomic mass is 10.1. The number of imidazole rings is 1. The smallest absolute Gasteiger partial charge is 0.138 e. The molecule has 0 fully saturated rings. The number of aliphatic hydroxyl groups is 1. The van der Waals surface area contributed by atoms with Gasteiger partial charge >= 0.3 is 0 Å². The highest BCUT2D eigenvalue weighted by Crippen LogP contribution is 2.25. The molecule has 0 spiro atoms. The van der Waals surface area contributed by atoms with Gasteiger partial charge in [0.15, 0.2) is 0 Å². The van der Waals surface area contributed by atoms with Crippen LogP contribution in [-0.4, -0.2) is 27.4 Å². The Labute approximate surface area is 175 Å². The summed E-state index contributed by atoms with van der Waals surface area (Å²) < 4.78 is 7.86. The van der Waals surface area contributed by atoms with Crippen LogP contribution in [0.1, 0.15) is 17.0 Å². The van der Waals surface area contributed by atoms with Crippen LogP contribution in [0.5, 0.6) is 5.75 Å². The van der Waals surface area contributed by atoms with Crippen molar-refractivity contribution >= 4 is 22.6 Å². The van der Waals surface area contributed by atoms with E-state index in [4.69, 9.17) is 21.3 Å². The van der Waals surface area contributed by atoms with E-state index in [1.807, 2.05) is 61.5 Å². The van der Waals surface area contributed by atoms with Crippen molar-refractivity contribution in [2.24, 2.45) is 0 Å². The Hall–Kier alpha value is -2.82. The van der Waals surface area contributed by atoms with Crippen molar-refractivity contribution in [2.45, 2.75) is 26.0 Å². The molecule has 0 amide bonds. The van der Waals surface area contributed by atoms with E-state index in [1.54, 1.807) is 6.07 Å². The number of benzene rings is 3. The Morgan fingerprint density at radius 1 is 1.03 bits per heavy atom. The molecule has 0 radical (unpaired) electrons. The number of hydrogen-bond acceptors (Lipinski definition) is 3. The van der Waals surface area contributed by atoms with Gasteiger partial charge in [-0.05, 0) is 42.3 Å². The fourth-order valence-corrected chi connectivity index (χ4v) is 3.59. The molecule has 1 heterocycles. The normalized spacial score (nSPS) is 12.2. The summed E-state index contributed by atoms with van der Waals surface area (Å²) >= 11 is 6.19. The molecule has 4 rings (SSSR count). The molecular formula is C24H23ClN2O2. The first-order chi connectivity index (χ1) is 14.1. The average molecular weight is 407 g/mol. The number of aromatic nitrogens is 2. The van der Waals surface area contributed by atoms with Gasteiger partial charge in [-0.3, -0.25) is 0 Å². The van der Waals surface area contributed by atoms with Crippen molar-refractivity contribution in [3.8, 4) is 5.75 Å². The van der Waals surface area contributed by atoms with Crippen LogP contribution in [0.3, 0.4) is 0 Å². The summed E-state index contributed by atoms with van der Waals surface area (Å²) in [4.78, 5) is 4.79. The number of rotatable bonds is 7. The van der Waals surface area contributed by atoms with E-state index in [-0.39, 0.29) is 6.61 Å². The Kier molecular flexibility index (Phi) is 5.84. The molecule has 0 unspecified atom stereocenters. The minimum atomic E-state index is -0.696. The van der Waals surface area contributed by atoms with Crippen LogP contribution >= 0.6 is 11.6 Å². The van der Waals surface area contributed by atoms with E-state index in [2.05, 4.69) is 16.7 Å². The number of halogens is 1. The van der Waals surface area contributed by atoms with Crippen LogP contribution in [0.25, 0.3) is 11.0 Å². The molecule has 0 saturated carbocycles. The lowest BCUT2D eigenvalue weighted by Gasteiger charge is -2.16. The largest absolute Gasteiger partial charge is 0.489 e. The van der Waals surface area contributed by atoms with E-state index < -0.39 is 6.10 Å². The third-order valence-corrected chi connectivity index (χ3v) is 5.16. The van der Waals surface area contributed by atoms with E-state index in [1.165, 1.54) is 5.56 Å². The van der Waals surface area contributed by atoms with Crippen molar-refractivity contribution in [1.82, 2.24) is 9.55 Å². The molecule has 29 heavy (non-hydrogen) atoms.